The molecule has 0 fully saturated rings. The van der Waals surface area contributed by atoms with Crippen LogP contribution in [0.15, 0.2) is 47.7 Å². The van der Waals surface area contributed by atoms with Crippen molar-refractivity contribution in [3.05, 3.63) is 70.1 Å². The zero-order chi connectivity index (χ0) is 23.5. The van der Waals surface area contributed by atoms with E-state index in [0.29, 0.717) is 30.4 Å². The highest BCUT2D eigenvalue weighted by Crippen LogP contribution is 2.34. The Bertz CT molecular complexity index is 1110. The number of phenols is 1. The molecule has 0 amide bonds. The second-order valence-corrected chi connectivity index (χ2v) is 10.5. The molecule has 1 aromatic heterocycles. The number of benzene rings is 1. The molecule has 32 heavy (non-hydrogen) atoms. The van der Waals surface area contributed by atoms with E-state index in [2.05, 4.69) is 4.98 Å². The van der Waals surface area contributed by atoms with Gasteiger partial charge in [-0.2, -0.15) is 0 Å². The van der Waals surface area contributed by atoms with Crippen molar-refractivity contribution in [3.8, 4) is 5.75 Å². The molecule has 1 aromatic carbocycles. The predicted molar refractivity (Wildman–Crippen MR) is 127 cm³/mol. The molecule has 0 bridgehead atoms. The Morgan fingerprint density at radius 1 is 1.25 bits per heavy atom. The fourth-order valence-corrected chi connectivity index (χ4v) is 6.36. The lowest BCUT2D eigenvalue weighted by atomic mass is 9.92. The number of nitrogens with zero attached hydrogens (tertiary/aromatic N) is 1. The summed E-state index contributed by atoms with van der Waals surface area (Å²) >= 11 is 0. The number of hydrogen-bond acceptors (Lipinski definition) is 6. The molecular formula is C25H31NO5S. The molecule has 1 aliphatic rings. The number of sulfone groups is 1. The van der Waals surface area contributed by atoms with Gasteiger partial charge < -0.3 is 15.3 Å². The molecular weight excluding hydrogens is 426 g/mol. The fraction of sp³-hybridized carbons (Fsp3) is 0.400. The van der Waals surface area contributed by atoms with E-state index in [-0.39, 0.29) is 11.5 Å². The van der Waals surface area contributed by atoms with Gasteiger partial charge in [0.05, 0.1) is 24.2 Å². The quantitative estimate of drug-likeness (QED) is 0.523. The summed E-state index contributed by atoms with van der Waals surface area (Å²) in [6.07, 6.45) is 4.03. The Morgan fingerprint density at radius 2 is 1.94 bits per heavy atom. The Balaban J connectivity index is 1.92. The highest BCUT2D eigenvalue weighted by Gasteiger charge is 2.40. The maximum absolute atomic E-state index is 12.4. The minimum absolute atomic E-state index is 0.101. The molecule has 7 heteroatoms. The van der Waals surface area contributed by atoms with E-state index in [1.807, 2.05) is 57.2 Å². The number of rotatable bonds is 8. The van der Waals surface area contributed by atoms with Gasteiger partial charge in [0, 0.05) is 6.20 Å². The second-order valence-electron chi connectivity index (χ2n) is 8.33. The minimum atomic E-state index is -3.48. The third-order valence-corrected chi connectivity index (χ3v) is 8.07. The molecule has 6 nitrogen and oxygen atoms in total. The standard InChI is InChI=1S/C25H31NO5S/c1-4-19-15-32(30,31)23(14-27)24(19)22(28)9-8-20(21-7-5-6-10-26-21)13-18-11-16(2)25(29)17(3)12-18/h5-7,10-13,22-23,27-29H,4,8-9,14-15H2,1-3H3/b20-13-/t22-,23+/m1/s1. The number of pyridine rings is 1. The van der Waals surface area contributed by atoms with E-state index in [0.717, 1.165) is 28.0 Å². The van der Waals surface area contributed by atoms with Crippen LogP contribution in [-0.4, -0.2) is 52.4 Å². The van der Waals surface area contributed by atoms with Crippen molar-refractivity contribution in [1.29, 1.82) is 0 Å². The number of aromatic nitrogens is 1. The summed E-state index contributed by atoms with van der Waals surface area (Å²) in [7, 11) is -3.48. The van der Waals surface area contributed by atoms with Gasteiger partial charge in [-0.25, -0.2) is 8.42 Å². The Morgan fingerprint density at radius 3 is 2.50 bits per heavy atom. The van der Waals surface area contributed by atoms with Crippen LogP contribution >= 0.6 is 0 Å². The van der Waals surface area contributed by atoms with E-state index >= 15 is 0 Å². The molecule has 3 N–H and O–H groups in total. The largest absolute Gasteiger partial charge is 0.507 e. The van der Waals surface area contributed by atoms with E-state index in [1.165, 1.54) is 0 Å². The first-order valence-corrected chi connectivity index (χ1v) is 12.5. The smallest absolute Gasteiger partial charge is 0.163 e. The molecule has 0 saturated heterocycles. The zero-order valence-electron chi connectivity index (χ0n) is 18.7. The number of hydrogen-bond donors (Lipinski definition) is 3. The van der Waals surface area contributed by atoms with Gasteiger partial charge >= 0.3 is 0 Å². The summed E-state index contributed by atoms with van der Waals surface area (Å²) in [4.78, 5) is 4.45. The van der Waals surface area contributed by atoms with Crippen molar-refractivity contribution in [1.82, 2.24) is 4.98 Å². The van der Waals surface area contributed by atoms with Crippen LogP contribution in [0.3, 0.4) is 0 Å². The van der Waals surface area contributed by atoms with Gasteiger partial charge in [0.25, 0.3) is 0 Å². The van der Waals surface area contributed by atoms with Crippen LogP contribution in [0.25, 0.3) is 11.6 Å². The number of aliphatic hydroxyl groups is 2. The molecule has 2 heterocycles. The van der Waals surface area contributed by atoms with Gasteiger partial charge in [-0.15, -0.1) is 0 Å². The van der Waals surface area contributed by atoms with Gasteiger partial charge in [-0.1, -0.05) is 18.6 Å². The molecule has 0 spiro atoms. The maximum Gasteiger partial charge on any atom is 0.163 e. The van der Waals surface area contributed by atoms with Crippen LogP contribution in [0.5, 0.6) is 5.75 Å². The summed E-state index contributed by atoms with van der Waals surface area (Å²) < 4.78 is 24.8. The average Bonchev–Trinajstić information content (AvgIpc) is 3.04. The molecule has 0 unspecified atom stereocenters. The number of aryl methyl sites for hydroxylation is 2. The summed E-state index contributed by atoms with van der Waals surface area (Å²) in [6, 6.07) is 9.41. The van der Waals surface area contributed by atoms with Crippen molar-refractivity contribution >= 4 is 21.5 Å². The zero-order valence-corrected chi connectivity index (χ0v) is 19.6. The topological polar surface area (TPSA) is 108 Å². The first-order valence-electron chi connectivity index (χ1n) is 10.8. The van der Waals surface area contributed by atoms with E-state index in [1.54, 1.807) is 6.20 Å². The third kappa shape index (κ3) is 5.11. The van der Waals surface area contributed by atoms with Crippen LogP contribution in [-0.2, 0) is 9.84 Å². The predicted octanol–water partition coefficient (Wildman–Crippen LogP) is 3.58. The molecule has 0 saturated carbocycles. The Labute approximate surface area is 189 Å². The summed E-state index contributed by atoms with van der Waals surface area (Å²) in [5, 5.41) is 29.7. The molecule has 3 rings (SSSR count). The lowest BCUT2D eigenvalue weighted by molar-refractivity contribution is 0.190. The van der Waals surface area contributed by atoms with Crippen molar-refractivity contribution < 1.29 is 23.7 Å². The average molecular weight is 458 g/mol. The van der Waals surface area contributed by atoms with Gasteiger partial charge in [-0.05, 0) is 91.3 Å². The molecule has 0 aliphatic carbocycles. The molecule has 2 aromatic rings. The van der Waals surface area contributed by atoms with Crippen LogP contribution in [0.2, 0.25) is 0 Å². The van der Waals surface area contributed by atoms with Gasteiger partial charge in [-0.3, -0.25) is 4.98 Å². The SMILES string of the molecule is CCC1=C([C@H](O)CC/C(=C/c2cc(C)c(O)c(C)c2)c2ccccn2)[C@H](CO)S(=O)(=O)C1. The van der Waals surface area contributed by atoms with Crippen molar-refractivity contribution in [2.45, 2.75) is 51.4 Å². The fourth-order valence-electron chi connectivity index (χ4n) is 4.36. The maximum atomic E-state index is 12.4. The Kier molecular flexibility index (Phi) is 7.54. The first kappa shape index (κ1) is 24.2. The molecule has 1 aliphatic heterocycles. The molecule has 172 valence electrons. The van der Waals surface area contributed by atoms with Crippen LogP contribution in [0, 0.1) is 13.8 Å². The third-order valence-electron chi connectivity index (χ3n) is 6.05. The highest BCUT2D eigenvalue weighted by molar-refractivity contribution is 7.92. The number of aliphatic hydroxyl groups excluding tert-OH is 2. The van der Waals surface area contributed by atoms with Crippen molar-refractivity contribution in [3.63, 3.8) is 0 Å². The first-order chi connectivity index (χ1) is 15.2. The number of phenolic OH excluding ortho intramolecular Hbond substituents is 1. The van der Waals surface area contributed by atoms with Crippen LogP contribution < -0.4 is 0 Å². The minimum Gasteiger partial charge on any atom is -0.507 e. The summed E-state index contributed by atoms with van der Waals surface area (Å²) in [5.41, 5.74) is 5.28. The van der Waals surface area contributed by atoms with E-state index in [9.17, 15) is 23.7 Å². The summed E-state index contributed by atoms with van der Waals surface area (Å²) in [6.45, 7) is 5.04. The van der Waals surface area contributed by atoms with E-state index < -0.39 is 27.8 Å². The highest BCUT2D eigenvalue weighted by atomic mass is 32.2. The van der Waals surface area contributed by atoms with Crippen molar-refractivity contribution in [2.24, 2.45) is 0 Å². The van der Waals surface area contributed by atoms with Crippen LogP contribution in [0.1, 0.15) is 48.6 Å². The Hall–Kier alpha value is -2.48. The summed E-state index contributed by atoms with van der Waals surface area (Å²) in [5.74, 6) is 0.171. The van der Waals surface area contributed by atoms with Crippen LogP contribution in [0.4, 0.5) is 0 Å². The van der Waals surface area contributed by atoms with Gasteiger partial charge in [0.1, 0.15) is 11.0 Å². The molecule has 2 atom stereocenters. The number of allylic oxidation sites excluding steroid dienone is 1. The van der Waals surface area contributed by atoms with E-state index in [4.69, 9.17) is 0 Å². The lowest BCUT2D eigenvalue weighted by Gasteiger charge is -2.19. The van der Waals surface area contributed by atoms with Gasteiger partial charge in [0.15, 0.2) is 9.84 Å². The lowest BCUT2D eigenvalue weighted by Crippen LogP contribution is -2.29. The normalized spacial score (nSPS) is 19.4. The number of aromatic hydroxyl groups is 1. The monoisotopic (exact) mass is 457 g/mol. The van der Waals surface area contributed by atoms with Crippen molar-refractivity contribution in [2.75, 3.05) is 12.4 Å². The van der Waals surface area contributed by atoms with Gasteiger partial charge in [0.2, 0.25) is 0 Å². The second kappa shape index (κ2) is 9.98. The molecule has 0 radical (unpaired) electrons.